The summed E-state index contributed by atoms with van der Waals surface area (Å²) >= 11 is 0. The predicted molar refractivity (Wildman–Crippen MR) is 355 cm³/mol. The van der Waals surface area contributed by atoms with Crippen molar-refractivity contribution in [3.8, 4) is 0 Å². The molecule has 6 rings (SSSR count). The van der Waals surface area contributed by atoms with Gasteiger partial charge in [0.1, 0.15) is 12.1 Å². The summed E-state index contributed by atoms with van der Waals surface area (Å²) in [5.41, 5.74) is 11.2. The highest BCUT2D eigenvalue weighted by Gasteiger charge is 2.38. The molecule has 8 N–H and O–H groups in total. The van der Waals surface area contributed by atoms with Crippen molar-refractivity contribution in [1.29, 1.82) is 0 Å². The fraction of sp³-hybridized carbons (Fsp3) is 0.531. The Bertz CT molecular complexity index is 3280. The van der Waals surface area contributed by atoms with E-state index in [1.54, 1.807) is 81.0 Å². The number of nitrogens with zero attached hydrogens (tertiary/aromatic N) is 6. The molecule has 2 atom stereocenters. The molecule has 0 spiro atoms. The summed E-state index contributed by atoms with van der Waals surface area (Å²) in [4.78, 5) is 59.3. The van der Waals surface area contributed by atoms with E-state index in [-0.39, 0.29) is 136 Å². The lowest BCUT2D eigenvalue weighted by atomic mass is 9.89. The van der Waals surface area contributed by atoms with Gasteiger partial charge >= 0.3 is 22.6 Å². The van der Waals surface area contributed by atoms with Crippen LogP contribution in [0.1, 0.15) is 188 Å². The zero-order chi connectivity index (χ0) is 69.7. The number of piperazine rings is 2. The largest absolute Gasteiger partial charge is 0.450 e. The number of sulfonamides is 2. The predicted octanol–water partition coefficient (Wildman–Crippen LogP) is 8.47. The monoisotopic (exact) mass is 1360 g/mol. The summed E-state index contributed by atoms with van der Waals surface area (Å²) in [5, 5.41) is 24.9. The van der Waals surface area contributed by atoms with Crippen molar-refractivity contribution >= 4 is 66.9 Å². The molecule has 0 radical (unpaired) electrons. The Morgan fingerprint density at radius 3 is 1.00 bits per heavy atom. The molecule has 0 bridgehead atoms. The van der Waals surface area contributed by atoms with Gasteiger partial charge in [0.25, 0.3) is 0 Å². The topological polar surface area (TPSA) is 356 Å². The van der Waals surface area contributed by atoms with Crippen molar-refractivity contribution in [2.24, 2.45) is 10.2 Å². The fourth-order valence-corrected chi connectivity index (χ4v) is 14.4. The number of carbonyl (C=O) groups excluding carboxylic acids is 4. The molecule has 2 aliphatic heterocycles. The highest BCUT2D eigenvalue weighted by atomic mass is 32.3. The number of nitrogens with one attached hydrogen (secondary N) is 4. The smallest absolute Gasteiger partial charge is 0.409 e. The number of carbonyl (C=O) groups is 4. The van der Waals surface area contributed by atoms with Gasteiger partial charge in [0.2, 0.25) is 31.9 Å². The van der Waals surface area contributed by atoms with Crippen LogP contribution in [0.4, 0.5) is 9.59 Å². The summed E-state index contributed by atoms with van der Waals surface area (Å²) in [6.07, 6.45) is 2.14. The lowest BCUT2D eigenvalue weighted by Crippen LogP contribution is -2.56. The first-order chi connectivity index (χ1) is 43.6. The van der Waals surface area contributed by atoms with Crippen LogP contribution in [-0.2, 0) is 62.4 Å². The SMILES string of the molecule is CCOC(=O)N1CCN(C(=O)[C@H](Cc2cccc(C=NNO)c2)NS(=O)(=O)c2c(C(C)C)cc(C(C)C)cc2C(C)C)CC1.CCOC(=O)N1CCN(C(=O)[C@H](Cc2cccc(C=NNO)c2)NS(=O)(=O)c2c(C(C)C)cc(C(C)C)cc2C(C)C)CC1.O=S(=O)(O)O. The minimum absolute atomic E-state index is 0.0704. The second kappa shape index (κ2) is 36.0. The number of amides is 4. The molecular weight excluding hydrogens is 1260 g/mol. The molecule has 516 valence electrons. The van der Waals surface area contributed by atoms with Crippen molar-refractivity contribution in [2.75, 3.05) is 65.6 Å². The Kier molecular flexibility index (Phi) is 30.3. The zero-order valence-electron chi connectivity index (χ0n) is 55.8. The molecule has 4 aromatic carbocycles. The van der Waals surface area contributed by atoms with E-state index in [4.69, 9.17) is 37.4 Å². The van der Waals surface area contributed by atoms with Crippen molar-refractivity contribution < 1.29 is 73.4 Å². The van der Waals surface area contributed by atoms with Gasteiger partial charge in [-0.1, -0.05) is 156 Å². The lowest BCUT2D eigenvalue weighted by molar-refractivity contribution is -0.135. The van der Waals surface area contributed by atoms with Crippen LogP contribution in [0.15, 0.2) is 92.8 Å². The molecule has 2 saturated heterocycles. The molecule has 4 aromatic rings. The third kappa shape index (κ3) is 23.7. The van der Waals surface area contributed by atoms with E-state index in [2.05, 4.69) is 47.3 Å². The molecule has 0 aliphatic carbocycles. The van der Waals surface area contributed by atoms with E-state index < -0.39 is 54.7 Å². The molecule has 26 nitrogen and oxygen atoms in total. The molecule has 2 aliphatic rings. The van der Waals surface area contributed by atoms with Crippen molar-refractivity contribution in [1.82, 2.24) is 40.2 Å². The van der Waals surface area contributed by atoms with E-state index in [0.29, 0.717) is 22.3 Å². The molecule has 4 amide bonds. The quantitative estimate of drug-likeness (QED) is 0.0185. The maximum absolute atomic E-state index is 14.4. The van der Waals surface area contributed by atoms with Crippen LogP contribution < -0.4 is 20.6 Å². The Labute approximate surface area is 549 Å². The number of hydrogen-bond acceptors (Lipinski definition) is 18. The number of benzene rings is 4. The highest BCUT2D eigenvalue weighted by Crippen LogP contribution is 2.37. The molecule has 0 saturated carbocycles. The second-order valence-electron chi connectivity index (χ2n) is 24.4. The molecule has 0 unspecified atom stereocenters. The van der Waals surface area contributed by atoms with Crippen LogP contribution in [0.2, 0.25) is 0 Å². The third-order valence-corrected chi connectivity index (χ3v) is 18.7. The first-order valence-electron chi connectivity index (χ1n) is 31.1. The van der Waals surface area contributed by atoms with Crippen LogP contribution >= 0.6 is 0 Å². The average Bonchev–Trinajstić information content (AvgIpc) is 0.775. The van der Waals surface area contributed by atoms with E-state index in [1.807, 2.05) is 91.8 Å². The molecule has 2 fully saturated rings. The Morgan fingerprint density at radius 1 is 0.473 bits per heavy atom. The molecule has 93 heavy (non-hydrogen) atoms. The van der Waals surface area contributed by atoms with Crippen LogP contribution in [-0.4, -0.2) is 178 Å². The van der Waals surface area contributed by atoms with Crippen LogP contribution in [0.3, 0.4) is 0 Å². The van der Waals surface area contributed by atoms with Gasteiger partial charge in [-0.3, -0.25) is 29.1 Å². The van der Waals surface area contributed by atoms with Crippen molar-refractivity contribution in [3.05, 3.63) is 128 Å². The van der Waals surface area contributed by atoms with Gasteiger partial charge in [-0.25, -0.2) is 26.4 Å². The summed E-state index contributed by atoms with van der Waals surface area (Å²) in [6.45, 7) is 30.3. The van der Waals surface area contributed by atoms with Gasteiger partial charge in [0.15, 0.2) is 0 Å². The van der Waals surface area contributed by atoms with Gasteiger partial charge < -0.3 is 29.1 Å². The van der Waals surface area contributed by atoms with E-state index in [1.165, 1.54) is 12.4 Å². The Balaban J connectivity index is 0.000000369. The number of rotatable bonds is 24. The van der Waals surface area contributed by atoms with Gasteiger partial charge in [0, 0.05) is 52.4 Å². The summed E-state index contributed by atoms with van der Waals surface area (Å²) < 4.78 is 105. The average molecular weight is 1360 g/mol. The lowest BCUT2D eigenvalue weighted by Gasteiger charge is -2.36. The normalized spacial score (nSPS) is 14.8. The number of hydrazone groups is 2. The zero-order valence-corrected chi connectivity index (χ0v) is 58.2. The standard InChI is InChI=1S/2C32H47N5O6S.H2O4S/c2*1-8-43-32(39)37-14-12-36(13-15-37)31(38)29(17-24-10-9-11-25(16-24)20-33-35-40)34-44(41,42)30-27(22(4)5)18-26(21(2)3)19-28(30)23(6)7;1-5(2,3)4/h2*9-11,16,18-23,29,34-35,40H,8,12-15,17H2,1-7H3;(H2,1,2,3,4)/t2*29-;/m00./s1. The Hall–Kier alpha value is -7.09. The van der Waals surface area contributed by atoms with Crippen LogP contribution in [0.5, 0.6) is 0 Å². The van der Waals surface area contributed by atoms with Crippen LogP contribution in [0, 0.1) is 0 Å². The maximum Gasteiger partial charge on any atom is 0.409 e. The summed E-state index contributed by atoms with van der Waals surface area (Å²) in [5.74, 6) is -0.590. The molecular formula is C64H96N10O16S3. The fourth-order valence-electron chi connectivity index (χ4n) is 10.6. The van der Waals surface area contributed by atoms with Crippen molar-refractivity contribution in [2.45, 2.75) is 167 Å². The van der Waals surface area contributed by atoms with E-state index in [9.17, 15) is 36.0 Å². The van der Waals surface area contributed by atoms with Gasteiger partial charge in [-0.2, -0.15) is 39.2 Å². The van der Waals surface area contributed by atoms with Gasteiger partial charge in [-0.05, 0) is 118 Å². The molecule has 0 aromatic heterocycles. The van der Waals surface area contributed by atoms with E-state index in [0.717, 1.165) is 33.4 Å². The minimum atomic E-state index is -4.67. The molecule has 2 heterocycles. The highest BCUT2D eigenvalue weighted by molar-refractivity contribution is 7.90. The second-order valence-corrected chi connectivity index (χ2v) is 28.6. The molecule has 29 heteroatoms. The summed E-state index contributed by atoms with van der Waals surface area (Å²) in [7, 11) is -13.0. The first-order valence-corrected chi connectivity index (χ1v) is 35.5. The third-order valence-electron chi connectivity index (χ3n) is 15.4. The van der Waals surface area contributed by atoms with E-state index >= 15 is 0 Å². The maximum atomic E-state index is 14.4. The van der Waals surface area contributed by atoms with Crippen LogP contribution in [0.25, 0.3) is 0 Å². The summed E-state index contributed by atoms with van der Waals surface area (Å²) in [6, 6.07) is 20.0. The van der Waals surface area contributed by atoms with Gasteiger partial charge in [0.05, 0.1) is 35.4 Å². The minimum Gasteiger partial charge on any atom is -0.450 e. The van der Waals surface area contributed by atoms with Crippen molar-refractivity contribution in [3.63, 3.8) is 0 Å². The first kappa shape index (κ1) is 78.4. The number of hydrogen-bond donors (Lipinski definition) is 8. The Morgan fingerprint density at radius 2 is 0.753 bits per heavy atom. The number of ether oxygens (including phenoxy) is 2. The van der Waals surface area contributed by atoms with Gasteiger partial charge in [-0.15, -0.1) is 0 Å².